The van der Waals surface area contributed by atoms with Crippen LogP contribution in [0.25, 0.3) is 11.0 Å². The summed E-state index contributed by atoms with van der Waals surface area (Å²) in [7, 11) is 0. The third-order valence-corrected chi connectivity index (χ3v) is 4.95. The van der Waals surface area contributed by atoms with Gasteiger partial charge in [-0.15, -0.1) is 0 Å². The van der Waals surface area contributed by atoms with E-state index in [2.05, 4.69) is 6.92 Å². The van der Waals surface area contributed by atoms with Crippen LogP contribution in [-0.2, 0) is 0 Å². The van der Waals surface area contributed by atoms with Crippen molar-refractivity contribution in [2.75, 3.05) is 0 Å². The first-order chi connectivity index (χ1) is 10.2. The monoisotopic (exact) mass is 304 g/mol. The molecule has 1 heterocycles. The number of furan rings is 1. The van der Waals surface area contributed by atoms with Gasteiger partial charge in [-0.3, -0.25) is 4.79 Å². The number of carbonyl (C=O) groups excluding carboxylic acids is 1. The molecule has 0 N–H and O–H groups in total. The lowest BCUT2D eigenvalue weighted by atomic mass is 9.78. The van der Waals surface area contributed by atoms with Gasteiger partial charge >= 0.3 is 0 Å². The highest BCUT2D eigenvalue weighted by Gasteiger charge is 2.28. The molecule has 0 unspecified atom stereocenters. The highest BCUT2D eigenvalue weighted by Crippen LogP contribution is 2.35. The number of hydrogen-bond acceptors (Lipinski definition) is 2. The summed E-state index contributed by atoms with van der Waals surface area (Å²) in [5.41, 5.74) is 0.627. The molecule has 3 rings (SSSR count). The van der Waals surface area contributed by atoms with Crippen LogP contribution in [0.1, 0.15) is 56.0 Å². The summed E-state index contributed by atoms with van der Waals surface area (Å²) in [6, 6.07) is 7.43. The highest BCUT2D eigenvalue weighted by molar-refractivity contribution is 6.34. The fraction of sp³-hybridized carbons (Fsp3) is 0.500. The zero-order valence-electron chi connectivity index (χ0n) is 12.4. The molecule has 0 amide bonds. The Morgan fingerprint density at radius 1 is 1.29 bits per heavy atom. The van der Waals surface area contributed by atoms with Crippen molar-refractivity contribution in [3.63, 3.8) is 0 Å². The zero-order chi connectivity index (χ0) is 14.8. The van der Waals surface area contributed by atoms with Gasteiger partial charge in [0.2, 0.25) is 5.78 Å². The molecule has 1 aromatic heterocycles. The maximum atomic E-state index is 12.6. The van der Waals surface area contributed by atoms with E-state index in [1.165, 1.54) is 25.7 Å². The molecule has 1 saturated carbocycles. The van der Waals surface area contributed by atoms with Crippen LogP contribution in [0.5, 0.6) is 0 Å². The molecule has 3 heteroatoms. The Labute approximate surface area is 130 Å². The fourth-order valence-corrected chi connectivity index (χ4v) is 3.69. The van der Waals surface area contributed by atoms with Crippen molar-refractivity contribution in [3.8, 4) is 0 Å². The quantitative estimate of drug-likeness (QED) is 0.661. The van der Waals surface area contributed by atoms with Gasteiger partial charge in [-0.1, -0.05) is 43.5 Å². The van der Waals surface area contributed by atoms with Crippen LogP contribution < -0.4 is 0 Å². The zero-order valence-corrected chi connectivity index (χ0v) is 13.2. The van der Waals surface area contributed by atoms with Crippen LogP contribution in [-0.4, -0.2) is 5.78 Å². The summed E-state index contributed by atoms with van der Waals surface area (Å²) >= 11 is 6.11. The minimum absolute atomic E-state index is 0.123. The van der Waals surface area contributed by atoms with Crippen LogP contribution in [0.15, 0.2) is 28.7 Å². The number of benzene rings is 1. The molecule has 0 aliphatic heterocycles. The first-order valence-corrected chi connectivity index (χ1v) is 8.29. The second kappa shape index (κ2) is 6.23. The number of halogens is 1. The minimum atomic E-state index is 0.123. The molecule has 1 aliphatic rings. The van der Waals surface area contributed by atoms with Gasteiger partial charge in [0.1, 0.15) is 0 Å². The molecule has 112 valence electrons. The smallest absolute Gasteiger partial charge is 0.201 e. The first kappa shape index (κ1) is 14.6. The van der Waals surface area contributed by atoms with Crippen molar-refractivity contribution in [2.45, 2.75) is 45.4 Å². The fourth-order valence-electron chi connectivity index (χ4n) is 3.47. The molecule has 0 atom stereocenters. The minimum Gasteiger partial charge on any atom is -0.451 e. The molecule has 0 bridgehead atoms. The predicted molar refractivity (Wildman–Crippen MR) is 85.9 cm³/mol. The van der Waals surface area contributed by atoms with Crippen molar-refractivity contribution in [2.24, 2.45) is 11.8 Å². The Hall–Kier alpha value is -1.28. The van der Waals surface area contributed by atoms with E-state index in [9.17, 15) is 4.79 Å². The summed E-state index contributed by atoms with van der Waals surface area (Å²) in [4.78, 5) is 12.6. The number of rotatable bonds is 4. The van der Waals surface area contributed by atoms with Gasteiger partial charge in [0.05, 0.1) is 5.02 Å². The Kier molecular flexibility index (Phi) is 4.34. The number of hydrogen-bond donors (Lipinski definition) is 0. The molecule has 1 aliphatic carbocycles. The molecule has 21 heavy (non-hydrogen) atoms. The second-order valence-electron chi connectivity index (χ2n) is 6.14. The molecular weight excluding hydrogens is 284 g/mol. The number of para-hydroxylation sites is 1. The predicted octanol–water partition coefficient (Wildman–Crippen LogP) is 5.88. The van der Waals surface area contributed by atoms with Crippen LogP contribution in [0.4, 0.5) is 0 Å². The number of Topliss-reactive ketones (excluding diaryl/α,β-unsaturated/α-hetero) is 1. The van der Waals surface area contributed by atoms with Gasteiger partial charge in [0.25, 0.3) is 0 Å². The third kappa shape index (κ3) is 3.01. The maximum absolute atomic E-state index is 12.6. The summed E-state index contributed by atoms with van der Waals surface area (Å²) < 4.78 is 5.71. The molecule has 0 spiro atoms. The van der Waals surface area contributed by atoms with E-state index < -0.39 is 0 Å². The Bertz CT molecular complexity index is 636. The van der Waals surface area contributed by atoms with E-state index in [1.54, 1.807) is 6.07 Å². The lowest BCUT2D eigenvalue weighted by Gasteiger charge is -2.26. The standard InChI is InChI=1S/C18H21ClO2/c1-2-4-12-7-9-13(10-8-12)17(20)16-11-14-5-3-6-15(19)18(14)21-16/h3,5-6,11-13H,2,4,7-10H2,1H3. The molecule has 1 aromatic carbocycles. The molecule has 2 nitrogen and oxygen atoms in total. The van der Waals surface area contributed by atoms with Crippen molar-refractivity contribution < 1.29 is 9.21 Å². The van der Waals surface area contributed by atoms with E-state index in [0.717, 1.165) is 24.1 Å². The number of carbonyl (C=O) groups is 1. The lowest BCUT2D eigenvalue weighted by Crippen LogP contribution is -2.21. The van der Waals surface area contributed by atoms with Gasteiger partial charge < -0.3 is 4.42 Å². The third-order valence-electron chi connectivity index (χ3n) is 4.65. The van der Waals surface area contributed by atoms with E-state index >= 15 is 0 Å². The molecule has 1 fully saturated rings. The summed E-state index contributed by atoms with van der Waals surface area (Å²) in [6.45, 7) is 2.23. The van der Waals surface area contributed by atoms with Gasteiger partial charge in [-0.25, -0.2) is 0 Å². The topological polar surface area (TPSA) is 30.2 Å². The van der Waals surface area contributed by atoms with Crippen molar-refractivity contribution in [1.29, 1.82) is 0 Å². The highest BCUT2D eigenvalue weighted by atomic mass is 35.5. The average Bonchev–Trinajstić information content (AvgIpc) is 2.93. The van der Waals surface area contributed by atoms with Gasteiger partial charge in [-0.2, -0.15) is 0 Å². The van der Waals surface area contributed by atoms with E-state index in [4.69, 9.17) is 16.0 Å². The van der Waals surface area contributed by atoms with Gasteiger partial charge in [0, 0.05) is 11.3 Å². The molecule has 0 saturated heterocycles. The van der Waals surface area contributed by atoms with Gasteiger partial charge in [-0.05, 0) is 43.7 Å². The van der Waals surface area contributed by atoms with Crippen molar-refractivity contribution >= 4 is 28.4 Å². The lowest BCUT2D eigenvalue weighted by molar-refractivity contribution is 0.0843. The summed E-state index contributed by atoms with van der Waals surface area (Å²) in [5.74, 6) is 1.55. The van der Waals surface area contributed by atoms with Crippen LogP contribution in [0.2, 0.25) is 5.02 Å². The summed E-state index contributed by atoms with van der Waals surface area (Å²) in [6.07, 6.45) is 6.87. The van der Waals surface area contributed by atoms with E-state index in [1.807, 2.05) is 18.2 Å². The average molecular weight is 305 g/mol. The van der Waals surface area contributed by atoms with E-state index in [0.29, 0.717) is 16.4 Å². The van der Waals surface area contributed by atoms with Gasteiger partial charge in [0.15, 0.2) is 11.3 Å². The molecular formula is C18H21ClO2. The maximum Gasteiger partial charge on any atom is 0.201 e. The first-order valence-electron chi connectivity index (χ1n) is 7.91. The SMILES string of the molecule is CCCC1CCC(C(=O)c2cc3cccc(Cl)c3o2)CC1. The summed E-state index contributed by atoms with van der Waals surface area (Å²) in [5, 5.41) is 1.48. The Balaban J connectivity index is 1.74. The number of fused-ring (bicyclic) bond motifs is 1. The second-order valence-corrected chi connectivity index (χ2v) is 6.55. The normalized spacial score (nSPS) is 22.6. The van der Waals surface area contributed by atoms with E-state index in [-0.39, 0.29) is 11.7 Å². The Morgan fingerprint density at radius 3 is 2.71 bits per heavy atom. The van der Waals surface area contributed by atoms with Crippen LogP contribution >= 0.6 is 11.6 Å². The molecule has 0 radical (unpaired) electrons. The largest absolute Gasteiger partial charge is 0.451 e. The van der Waals surface area contributed by atoms with Crippen molar-refractivity contribution in [3.05, 3.63) is 35.0 Å². The molecule has 2 aromatic rings. The van der Waals surface area contributed by atoms with Crippen molar-refractivity contribution in [1.82, 2.24) is 0 Å². The number of ketones is 1. The van der Waals surface area contributed by atoms with Crippen LogP contribution in [0.3, 0.4) is 0 Å². The van der Waals surface area contributed by atoms with Crippen LogP contribution in [0, 0.1) is 11.8 Å². The Morgan fingerprint density at radius 2 is 2.05 bits per heavy atom.